The SMILES string of the molecule is Cn1cc(CCCNS(=O)(=O)c2cccc(C(=O)N3CCCC3)c2)cn1. The Morgan fingerprint density at radius 2 is 2.04 bits per heavy atom. The first-order valence-electron chi connectivity index (χ1n) is 8.82. The van der Waals surface area contributed by atoms with E-state index in [0.717, 1.165) is 37.9 Å². The molecule has 1 amide bonds. The fourth-order valence-electron chi connectivity index (χ4n) is 3.08. The van der Waals surface area contributed by atoms with Crippen LogP contribution in [0.3, 0.4) is 0 Å². The highest BCUT2D eigenvalue weighted by molar-refractivity contribution is 7.89. The molecule has 0 bridgehead atoms. The van der Waals surface area contributed by atoms with Crippen LogP contribution in [0, 0.1) is 0 Å². The number of nitrogens with one attached hydrogen (secondary N) is 1. The maximum absolute atomic E-state index is 12.5. The van der Waals surface area contributed by atoms with E-state index in [4.69, 9.17) is 0 Å². The van der Waals surface area contributed by atoms with Crippen LogP contribution in [-0.2, 0) is 23.5 Å². The summed E-state index contributed by atoms with van der Waals surface area (Å²) in [5.41, 5.74) is 1.50. The third-order valence-electron chi connectivity index (χ3n) is 4.48. The van der Waals surface area contributed by atoms with Gasteiger partial charge in [0.15, 0.2) is 0 Å². The van der Waals surface area contributed by atoms with Crippen molar-refractivity contribution < 1.29 is 13.2 Å². The summed E-state index contributed by atoms with van der Waals surface area (Å²) in [6, 6.07) is 6.27. The minimum absolute atomic E-state index is 0.101. The van der Waals surface area contributed by atoms with Crippen molar-refractivity contribution in [2.24, 2.45) is 7.05 Å². The zero-order chi connectivity index (χ0) is 18.6. The average Bonchev–Trinajstić information content (AvgIpc) is 3.30. The highest BCUT2D eigenvalue weighted by Crippen LogP contribution is 2.16. The van der Waals surface area contributed by atoms with Crippen molar-refractivity contribution in [2.45, 2.75) is 30.6 Å². The quantitative estimate of drug-likeness (QED) is 0.744. The van der Waals surface area contributed by atoms with Crippen molar-refractivity contribution in [2.75, 3.05) is 19.6 Å². The number of sulfonamides is 1. The molecule has 140 valence electrons. The van der Waals surface area contributed by atoms with Gasteiger partial charge in [-0.2, -0.15) is 5.10 Å². The molecular weight excluding hydrogens is 352 g/mol. The first-order valence-corrected chi connectivity index (χ1v) is 10.3. The van der Waals surface area contributed by atoms with E-state index >= 15 is 0 Å². The predicted octanol–water partition coefficient (Wildman–Crippen LogP) is 1.57. The fraction of sp³-hybridized carbons (Fsp3) is 0.444. The standard InChI is InChI=1S/C18H24N4O3S/c1-21-14-15(13-19-21)6-5-9-20-26(24,25)17-8-4-7-16(12-17)18(23)22-10-2-3-11-22/h4,7-8,12-14,20H,2-3,5-6,9-11H2,1H3. The van der Waals surface area contributed by atoms with E-state index in [2.05, 4.69) is 9.82 Å². The van der Waals surface area contributed by atoms with Crippen molar-refractivity contribution in [3.8, 4) is 0 Å². The third-order valence-corrected chi connectivity index (χ3v) is 5.94. The van der Waals surface area contributed by atoms with Crippen molar-refractivity contribution in [1.29, 1.82) is 0 Å². The van der Waals surface area contributed by atoms with E-state index in [-0.39, 0.29) is 10.8 Å². The van der Waals surface area contributed by atoms with Crippen LogP contribution in [0.25, 0.3) is 0 Å². The molecule has 0 aliphatic carbocycles. The maximum Gasteiger partial charge on any atom is 0.253 e. The van der Waals surface area contributed by atoms with Crippen molar-refractivity contribution >= 4 is 15.9 Å². The molecule has 1 saturated heterocycles. The first kappa shape index (κ1) is 18.6. The molecule has 1 aromatic heterocycles. The number of aryl methyl sites for hydroxylation is 2. The number of hydrogen-bond donors (Lipinski definition) is 1. The van der Waals surface area contributed by atoms with Crippen molar-refractivity contribution in [3.63, 3.8) is 0 Å². The second-order valence-electron chi connectivity index (χ2n) is 6.55. The third kappa shape index (κ3) is 4.50. The smallest absolute Gasteiger partial charge is 0.253 e. The molecule has 0 saturated carbocycles. The molecule has 3 rings (SSSR count). The Kier molecular flexibility index (Phi) is 5.73. The highest BCUT2D eigenvalue weighted by atomic mass is 32.2. The Morgan fingerprint density at radius 1 is 1.27 bits per heavy atom. The predicted molar refractivity (Wildman–Crippen MR) is 98.3 cm³/mol. The fourth-order valence-corrected chi connectivity index (χ4v) is 4.20. The number of amides is 1. The van der Waals surface area contributed by atoms with Gasteiger partial charge in [-0.25, -0.2) is 13.1 Å². The van der Waals surface area contributed by atoms with Crippen LogP contribution in [0.15, 0.2) is 41.6 Å². The minimum atomic E-state index is -3.63. The van der Waals surface area contributed by atoms with Crippen LogP contribution in [0.5, 0.6) is 0 Å². The van der Waals surface area contributed by atoms with Crippen LogP contribution in [-0.4, -0.2) is 48.6 Å². The Labute approximate surface area is 154 Å². The summed E-state index contributed by atoms with van der Waals surface area (Å²) in [4.78, 5) is 14.3. The van der Waals surface area contributed by atoms with Gasteiger partial charge in [-0.3, -0.25) is 9.48 Å². The number of benzene rings is 1. The molecule has 1 aliphatic rings. The lowest BCUT2D eigenvalue weighted by Gasteiger charge is -2.15. The van der Waals surface area contributed by atoms with Gasteiger partial charge in [0.2, 0.25) is 10.0 Å². The van der Waals surface area contributed by atoms with E-state index in [0.29, 0.717) is 18.5 Å². The monoisotopic (exact) mass is 376 g/mol. The molecular formula is C18H24N4O3S. The number of hydrogen-bond acceptors (Lipinski definition) is 4. The van der Waals surface area contributed by atoms with Crippen LogP contribution in [0.1, 0.15) is 35.2 Å². The molecule has 1 aliphatic heterocycles. The lowest BCUT2D eigenvalue weighted by atomic mass is 10.2. The summed E-state index contributed by atoms with van der Waals surface area (Å²) in [5.74, 6) is -0.101. The molecule has 2 aromatic rings. The van der Waals surface area contributed by atoms with Crippen LogP contribution >= 0.6 is 0 Å². The van der Waals surface area contributed by atoms with Gasteiger partial charge in [-0.15, -0.1) is 0 Å². The largest absolute Gasteiger partial charge is 0.339 e. The summed E-state index contributed by atoms with van der Waals surface area (Å²) in [6.07, 6.45) is 7.13. The van der Waals surface area contributed by atoms with E-state index in [9.17, 15) is 13.2 Å². The Balaban J connectivity index is 1.59. The van der Waals surface area contributed by atoms with Gasteiger partial charge >= 0.3 is 0 Å². The molecule has 8 heteroatoms. The van der Waals surface area contributed by atoms with E-state index in [1.54, 1.807) is 27.9 Å². The maximum atomic E-state index is 12.5. The lowest BCUT2D eigenvalue weighted by molar-refractivity contribution is 0.0792. The first-order chi connectivity index (χ1) is 12.5. The number of nitrogens with zero attached hydrogens (tertiary/aromatic N) is 3. The van der Waals surface area contributed by atoms with Gasteiger partial charge in [0, 0.05) is 38.4 Å². The van der Waals surface area contributed by atoms with Gasteiger partial charge in [-0.1, -0.05) is 6.07 Å². The van der Waals surface area contributed by atoms with Gasteiger partial charge in [0.1, 0.15) is 0 Å². The number of aromatic nitrogens is 2. The van der Waals surface area contributed by atoms with Crippen molar-refractivity contribution in [3.05, 3.63) is 47.8 Å². The average molecular weight is 376 g/mol. The summed E-state index contributed by atoms with van der Waals surface area (Å²) in [7, 11) is -1.78. The van der Waals surface area contributed by atoms with E-state index < -0.39 is 10.0 Å². The van der Waals surface area contributed by atoms with E-state index in [1.807, 2.05) is 13.2 Å². The zero-order valence-corrected chi connectivity index (χ0v) is 15.7. The van der Waals surface area contributed by atoms with Crippen LogP contribution in [0.2, 0.25) is 0 Å². The van der Waals surface area contributed by atoms with Gasteiger partial charge in [0.25, 0.3) is 5.91 Å². The van der Waals surface area contributed by atoms with E-state index in [1.165, 1.54) is 12.1 Å². The Hall–Kier alpha value is -2.19. The molecule has 7 nitrogen and oxygen atoms in total. The second-order valence-corrected chi connectivity index (χ2v) is 8.32. The molecule has 0 atom stereocenters. The molecule has 0 unspecified atom stereocenters. The van der Waals surface area contributed by atoms with Gasteiger partial charge < -0.3 is 4.90 Å². The number of rotatable bonds is 7. The molecule has 1 aromatic carbocycles. The normalized spacial score (nSPS) is 14.7. The number of carbonyl (C=O) groups excluding carboxylic acids is 1. The second kappa shape index (κ2) is 8.01. The molecule has 1 N–H and O–H groups in total. The number of carbonyl (C=O) groups is 1. The Bertz CT molecular complexity index is 870. The lowest BCUT2D eigenvalue weighted by Crippen LogP contribution is -2.28. The zero-order valence-electron chi connectivity index (χ0n) is 14.9. The molecule has 1 fully saturated rings. The van der Waals surface area contributed by atoms with Crippen LogP contribution < -0.4 is 4.72 Å². The molecule has 26 heavy (non-hydrogen) atoms. The summed E-state index contributed by atoms with van der Waals surface area (Å²) in [6.45, 7) is 1.81. The summed E-state index contributed by atoms with van der Waals surface area (Å²) < 4.78 is 29.3. The topological polar surface area (TPSA) is 84.3 Å². The highest BCUT2D eigenvalue weighted by Gasteiger charge is 2.21. The molecule has 0 radical (unpaired) electrons. The Morgan fingerprint density at radius 3 is 2.73 bits per heavy atom. The number of likely N-dealkylation sites (tertiary alicyclic amines) is 1. The van der Waals surface area contributed by atoms with Crippen LogP contribution in [0.4, 0.5) is 0 Å². The molecule has 0 spiro atoms. The van der Waals surface area contributed by atoms with Gasteiger partial charge in [0.05, 0.1) is 11.1 Å². The summed E-state index contributed by atoms with van der Waals surface area (Å²) >= 11 is 0. The van der Waals surface area contributed by atoms with Crippen molar-refractivity contribution in [1.82, 2.24) is 19.4 Å². The summed E-state index contributed by atoms with van der Waals surface area (Å²) in [5, 5.41) is 4.09. The molecule has 2 heterocycles. The minimum Gasteiger partial charge on any atom is -0.339 e. The van der Waals surface area contributed by atoms with Gasteiger partial charge in [-0.05, 0) is 49.4 Å².